The predicted octanol–water partition coefficient (Wildman–Crippen LogP) is 2.41. The third kappa shape index (κ3) is 2.71. The molecule has 0 saturated carbocycles. The third-order valence-electron chi connectivity index (χ3n) is 3.08. The maximum absolute atomic E-state index is 5.50. The van der Waals surface area contributed by atoms with E-state index in [2.05, 4.69) is 28.5 Å². The van der Waals surface area contributed by atoms with Gasteiger partial charge in [-0.15, -0.1) is 11.3 Å². The number of benzene rings is 1. The van der Waals surface area contributed by atoms with Gasteiger partial charge in [0.1, 0.15) is 5.75 Å². The highest BCUT2D eigenvalue weighted by Crippen LogP contribution is 2.25. The smallest absolute Gasteiger partial charge is 0.122 e. The minimum absolute atomic E-state index is 0.830. The van der Waals surface area contributed by atoms with Gasteiger partial charge >= 0.3 is 0 Å². The van der Waals surface area contributed by atoms with Crippen LogP contribution in [-0.2, 0) is 19.4 Å². The Bertz CT molecular complexity index is 511. The predicted molar refractivity (Wildman–Crippen MR) is 73.2 cm³/mol. The Balaban J connectivity index is 1.48. The summed E-state index contributed by atoms with van der Waals surface area (Å²) in [6.45, 7) is 2.72. The monoisotopic (exact) mass is 260 g/mol. The first-order chi connectivity index (χ1) is 8.92. The molecule has 0 radical (unpaired) electrons. The second-order valence-corrected chi connectivity index (χ2v) is 5.37. The highest BCUT2D eigenvalue weighted by molar-refractivity contribution is 7.09. The van der Waals surface area contributed by atoms with Crippen LogP contribution in [0.3, 0.4) is 0 Å². The molecule has 3 rings (SSSR count). The third-order valence-corrected chi connectivity index (χ3v) is 3.92. The van der Waals surface area contributed by atoms with Crippen molar-refractivity contribution in [2.24, 2.45) is 0 Å². The molecule has 2 heterocycles. The topological polar surface area (TPSA) is 34.1 Å². The van der Waals surface area contributed by atoms with E-state index in [1.807, 2.05) is 11.6 Å². The van der Waals surface area contributed by atoms with Crippen LogP contribution in [0.2, 0.25) is 0 Å². The fourth-order valence-corrected chi connectivity index (χ4v) is 2.77. The molecule has 0 fully saturated rings. The zero-order valence-electron chi connectivity index (χ0n) is 10.2. The van der Waals surface area contributed by atoms with Crippen LogP contribution in [0.15, 0.2) is 29.8 Å². The van der Waals surface area contributed by atoms with Crippen molar-refractivity contribution >= 4 is 11.3 Å². The van der Waals surface area contributed by atoms with Crippen LogP contribution in [0, 0.1) is 0 Å². The van der Waals surface area contributed by atoms with Gasteiger partial charge in [0.2, 0.25) is 0 Å². The Hall–Kier alpha value is -1.39. The van der Waals surface area contributed by atoms with Crippen LogP contribution in [0.1, 0.15) is 16.1 Å². The van der Waals surface area contributed by atoms with Gasteiger partial charge in [-0.05, 0) is 17.2 Å². The second kappa shape index (κ2) is 5.50. The van der Waals surface area contributed by atoms with E-state index in [0.29, 0.717) is 0 Å². The summed E-state index contributed by atoms with van der Waals surface area (Å²) in [6, 6.07) is 6.47. The summed E-state index contributed by atoms with van der Waals surface area (Å²) in [4.78, 5) is 4.27. The van der Waals surface area contributed by atoms with Gasteiger partial charge in [0, 0.05) is 37.5 Å². The number of hydrogen-bond acceptors (Lipinski definition) is 4. The molecule has 1 aliphatic rings. The van der Waals surface area contributed by atoms with E-state index in [4.69, 9.17) is 4.74 Å². The molecule has 0 saturated heterocycles. The Morgan fingerprint density at radius 3 is 3.28 bits per heavy atom. The molecule has 3 nitrogen and oxygen atoms in total. The van der Waals surface area contributed by atoms with Crippen LogP contribution in [-0.4, -0.2) is 18.1 Å². The number of thiazole rings is 1. The molecule has 0 unspecified atom stereocenters. The first-order valence-electron chi connectivity index (χ1n) is 6.25. The molecule has 18 heavy (non-hydrogen) atoms. The lowest BCUT2D eigenvalue weighted by molar-refractivity contribution is 0.357. The molecular formula is C14H16N2OS. The van der Waals surface area contributed by atoms with E-state index in [-0.39, 0.29) is 0 Å². The highest BCUT2D eigenvalue weighted by Gasteiger charge is 2.11. The summed E-state index contributed by atoms with van der Waals surface area (Å²) in [5, 5.41) is 6.68. The second-order valence-electron chi connectivity index (χ2n) is 4.39. The van der Waals surface area contributed by atoms with E-state index < -0.39 is 0 Å². The summed E-state index contributed by atoms with van der Waals surface area (Å²) in [5.74, 6) is 1.06. The minimum atomic E-state index is 0.830. The number of hydrogen-bond donors (Lipinski definition) is 1. The van der Waals surface area contributed by atoms with Gasteiger partial charge in [0.05, 0.1) is 11.6 Å². The van der Waals surface area contributed by atoms with Crippen LogP contribution >= 0.6 is 11.3 Å². The minimum Gasteiger partial charge on any atom is -0.493 e. The average molecular weight is 260 g/mol. The summed E-state index contributed by atoms with van der Waals surface area (Å²) >= 11 is 1.72. The largest absolute Gasteiger partial charge is 0.493 e. The Kier molecular flexibility index (Phi) is 3.57. The molecule has 1 aromatic heterocycles. The first-order valence-corrected chi connectivity index (χ1v) is 7.13. The number of fused-ring (bicyclic) bond motifs is 1. The SMILES string of the molecule is c1csc(CCNCc2ccc3c(c2)CCO3)n1. The molecule has 1 N–H and O–H groups in total. The van der Waals surface area contributed by atoms with Gasteiger partial charge < -0.3 is 10.1 Å². The molecule has 0 atom stereocenters. The first kappa shape index (κ1) is 11.7. The van der Waals surface area contributed by atoms with Gasteiger partial charge in [-0.25, -0.2) is 4.98 Å². The normalized spacial score (nSPS) is 13.3. The number of nitrogens with zero attached hydrogens (tertiary/aromatic N) is 1. The summed E-state index contributed by atoms with van der Waals surface area (Å²) in [7, 11) is 0. The molecule has 0 amide bonds. The van der Waals surface area contributed by atoms with Crippen molar-refractivity contribution in [3.63, 3.8) is 0 Å². The molecule has 4 heteroatoms. The molecular weight excluding hydrogens is 244 g/mol. The standard InChI is InChI=1S/C14H16N2OS/c1-2-13-12(4-7-17-13)9-11(1)10-15-5-3-14-16-6-8-18-14/h1-2,6,8-9,15H,3-5,7,10H2. The van der Waals surface area contributed by atoms with Gasteiger partial charge in [0.15, 0.2) is 0 Å². The lowest BCUT2D eigenvalue weighted by Crippen LogP contribution is -2.16. The fourth-order valence-electron chi connectivity index (χ4n) is 2.15. The number of nitrogens with one attached hydrogen (secondary N) is 1. The van der Waals surface area contributed by atoms with Gasteiger partial charge in [0.25, 0.3) is 0 Å². The quantitative estimate of drug-likeness (QED) is 0.838. The Morgan fingerprint density at radius 2 is 2.39 bits per heavy atom. The van der Waals surface area contributed by atoms with Crippen molar-refractivity contribution in [2.75, 3.05) is 13.2 Å². The highest BCUT2D eigenvalue weighted by atomic mass is 32.1. The fraction of sp³-hybridized carbons (Fsp3) is 0.357. The van der Waals surface area contributed by atoms with Crippen molar-refractivity contribution in [2.45, 2.75) is 19.4 Å². The van der Waals surface area contributed by atoms with E-state index in [9.17, 15) is 0 Å². The van der Waals surface area contributed by atoms with E-state index in [1.54, 1.807) is 11.3 Å². The number of ether oxygens (including phenoxy) is 1. The van der Waals surface area contributed by atoms with Gasteiger partial charge in [-0.2, -0.15) is 0 Å². The van der Waals surface area contributed by atoms with Crippen LogP contribution in [0.5, 0.6) is 5.75 Å². The van der Waals surface area contributed by atoms with Crippen molar-refractivity contribution in [3.8, 4) is 5.75 Å². The molecule has 94 valence electrons. The van der Waals surface area contributed by atoms with Gasteiger partial charge in [-0.1, -0.05) is 12.1 Å². The summed E-state index contributed by atoms with van der Waals surface area (Å²) in [6.07, 6.45) is 3.91. The van der Waals surface area contributed by atoms with E-state index >= 15 is 0 Å². The average Bonchev–Trinajstić information content (AvgIpc) is 3.05. The van der Waals surface area contributed by atoms with Crippen molar-refractivity contribution in [1.82, 2.24) is 10.3 Å². The molecule has 0 spiro atoms. The maximum Gasteiger partial charge on any atom is 0.122 e. The molecule has 0 bridgehead atoms. The van der Waals surface area contributed by atoms with Crippen LogP contribution in [0.4, 0.5) is 0 Å². The Morgan fingerprint density at radius 1 is 1.39 bits per heavy atom. The van der Waals surface area contributed by atoms with E-state index in [0.717, 1.165) is 38.3 Å². The van der Waals surface area contributed by atoms with Crippen molar-refractivity contribution in [3.05, 3.63) is 45.9 Å². The molecule has 2 aromatic rings. The van der Waals surface area contributed by atoms with E-state index in [1.165, 1.54) is 16.1 Å². The summed E-state index contributed by atoms with van der Waals surface area (Å²) in [5.41, 5.74) is 2.67. The molecule has 1 aromatic carbocycles. The van der Waals surface area contributed by atoms with Crippen molar-refractivity contribution < 1.29 is 4.74 Å². The van der Waals surface area contributed by atoms with Crippen LogP contribution in [0.25, 0.3) is 0 Å². The lowest BCUT2D eigenvalue weighted by atomic mass is 10.1. The zero-order valence-corrected chi connectivity index (χ0v) is 11.0. The van der Waals surface area contributed by atoms with Crippen molar-refractivity contribution in [1.29, 1.82) is 0 Å². The number of rotatable bonds is 5. The zero-order chi connectivity index (χ0) is 12.2. The molecule has 0 aliphatic carbocycles. The maximum atomic E-state index is 5.50. The number of aromatic nitrogens is 1. The van der Waals surface area contributed by atoms with Gasteiger partial charge in [-0.3, -0.25) is 0 Å². The Labute approximate surface area is 111 Å². The molecule has 1 aliphatic heterocycles. The lowest BCUT2D eigenvalue weighted by Gasteiger charge is -2.05. The van der Waals surface area contributed by atoms with Crippen LogP contribution < -0.4 is 10.1 Å². The summed E-state index contributed by atoms with van der Waals surface area (Å²) < 4.78 is 5.50.